The van der Waals surface area contributed by atoms with Gasteiger partial charge in [-0.1, -0.05) is 41.0 Å². The molecule has 0 radical (unpaired) electrons. The summed E-state index contributed by atoms with van der Waals surface area (Å²) in [5, 5.41) is 4.44. The molecular formula is C20H19Cl2N5O2S. The molecule has 2 unspecified atom stereocenters. The first-order valence-corrected chi connectivity index (χ1v) is 11.0. The van der Waals surface area contributed by atoms with E-state index in [0.29, 0.717) is 33.1 Å². The topological polar surface area (TPSA) is 85.8 Å². The fourth-order valence-electron chi connectivity index (χ4n) is 3.19. The molecular weight excluding hydrogens is 445 g/mol. The molecule has 0 bridgehead atoms. The summed E-state index contributed by atoms with van der Waals surface area (Å²) in [7, 11) is 0. The Bertz CT molecular complexity index is 1010. The van der Waals surface area contributed by atoms with Gasteiger partial charge in [0, 0.05) is 22.3 Å². The van der Waals surface area contributed by atoms with Gasteiger partial charge >= 0.3 is 0 Å². The van der Waals surface area contributed by atoms with Crippen molar-refractivity contribution >= 4 is 63.3 Å². The van der Waals surface area contributed by atoms with Crippen LogP contribution in [0.25, 0.3) is 0 Å². The summed E-state index contributed by atoms with van der Waals surface area (Å²) in [5.41, 5.74) is 8.20. The van der Waals surface area contributed by atoms with Crippen molar-refractivity contribution in [2.24, 2.45) is 10.9 Å². The molecule has 0 saturated carbocycles. The molecule has 3 N–H and O–H groups in total. The lowest BCUT2D eigenvalue weighted by molar-refractivity contribution is -0.121. The summed E-state index contributed by atoms with van der Waals surface area (Å²) < 4.78 is 0. The normalized spacial score (nSPS) is 20.7. The smallest absolute Gasteiger partial charge is 0.241 e. The third-order valence-electron chi connectivity index (χ3n) is 4.80. The van der Waals surface area contributed by atoms with E-state index in [1.807, 2.05) is 13.0 Å². The number of hydrogen-bond acceptors (Lipinski definition) is 6. The number of anilines is 2. The number of aliphatic imine (C=N–C) groups is 1. The van der Waals surface area contributed by atoms with Crippen molar-refractivity contribution in [2.75, 3.05) is 22.5 Å². The van der Waals surface area contributed by atoms with E-state index in [9.17, 15) is 9.59 Å². The van der Waals surface area contributed by atoms with Crippen LogP contribution in [0.4, 0.5) is 11.4 Å². The van der Waals surface area contributed by atoms with Gasteiger partial charge in [0.1, 0.15) is 6.17 Å². The zero-order valence-corrected chi connectivity index (χ0v) is 18.3. The lowest BCUT2D eigenvalue weighted by Gasteiger charge is -2.32. The highest BCUT2D eigenvalue weighted by molar-refractivity contribution is 8.14. The highest BCUT2D eigenvalue weighted by Crippen LogP contribution is 2.30. The Kier molecular flexibility index (Phi) is 6.31. The van der Waals surface area contributed by atoms with Gasteiger partial charge in [-0.05, 0) is 48.9 Å². The first-order valence-electron chi connectivity index (χ1n) is 9.27. The number of rotatable bonds is 4. The molecule has 2 aliphatic heterocycles. The van der Waals surface area contributed by atoms with Gasteiger partial charge < -0.3 is 5.32 Å². The van der Waals surface area contributed by atoms with Crippen molar-refractivity contribution in [2.45, 2.75) is 13.1 Å². The van der Waals surface area contributed by atoms with Crippen molar-refractivity contribution in [3.8, 4) is 0 Å². The largest absolute Gasteiger partial charge is 0.325 e. The summed E-state index contributed by atoms with van der Waals surface area (Å²) in [6.45, 7) is 2.39. The molecule has 0 aliphatic carbocycles. The number of carbonyl (C=O) groups is 2. The average Bonchev–Trinajstić information content (AvgIpc) is 3.19. The van der Waals surface area contributed by atoms with Crippen molar-refractivity contribution in [3.63, 3.8) is 0 Å². The van der Waals surface area contributed by atoms with Gasteiger partial charge in [-0.15, -0.1) is 0 Å². The SMILES string of the molecule is Cc1ccc(NC(=O)CSC2=NC3NNCC3C(=O)N2c2ccc(Cl)cc2)cc1Cl. The Hall–Kier alpha value is -2.10. The Balaban J connectivity index is 1.50. The second-order valence-corrected chi connectivity index (χ2v) is 8.73. The van der Waals surface area contributed by atoms with Gasteiger partial charge in [0.2, 0.25) is 11.8 Å². The van der Waals surface area contributed by atoms with E-state index in [4.69, 9.17) is 23.2 Å². The molecule has 156 valence electrons. The van der Waals surface area contributed by atoms with E-state index in [1.165, 1.54) is 11.8 Å². The summed E-state index contributed by atoms with van der Waals surface area (Å²) in [4.78, 5) is 31.8. The first-order chi connectivity index (χ1) is 14.4. The molecule has 2 aromatic rings. The fourth-order valence-corrected chi connectivity index (χ4v) is 4.35. The van der Waals surface area contributed by atoms with E-state index in [-0.39, 0.29) is 29.7 Å². The number of aryl methyl sites for hydroxylation is 1. The molecule has 30 heavy (non-hydrogen) atoms. The number of nitrogens with zero attached hydrogens (tertiary/aromatic N) is 2. The van der Waals surface area contributed by atoms with Crippen LogP contribution in [0.2, 0.25) is 10.0 Å². The highest BCUT2D eigenvalue weighted by Gasteiger charge is 2.42. The standard InChI is InChI=1S/C20H19Cl2N5O2S/c1-11-2-5-13(8-16(11)22)24-17(28)10-30-20-25-18-15(9-23-26-18)19(29)27(20)14-6-3-12(21)4-7-14/h2-8,15,18,23,26H,9-10H2,1H3,(H,24,28). The number of halogens is 2. The number of hydrogen-bond donors (Lipinski definition) is 3. The van der Waals surface area contributed by atoms with Crippen molar-refractivity contribution in [1.82, 2.24) is 10.9 Å². The van der Waals surface area contributed by atoms with E-state index in [1.54, 1.807) is 41.3 Å². The molecule has 2 aliphatic rings. The minimum Gasteiger partial charge on any atom is -0.325 e. The zero-order chi connectivity index (χ0) is 21.3. The molecule has 10 heteroatoms. The molecule has 0 spiro atoms. The number of amidine groups is 1. The molecule has 7 nitrogen and oxygen atoms in total. The Morgan fingerprint density at radius 3 is 2.77 bits per heavy atom. The second-order valence-electron chi connectivity index (χ2n) is 6.94. The third kappa shape index (κ3) is 4.48. The molecule has 2 heterocycles. The Morgan fingerprint density at radius 1 is 1.27 bits per heavy atom. The summed E-state index contributed by atoms with van der Waals surface area (Å²) >= 11 is 13.3. The first kappa shape index (κ1) is 21.1. The van der Waals surface area contributed by atoms with Crippen molar-refractivity contribution < 1.29 is 9.59 Å². The van der Waals surface area contributed by atoms with Crippen LogP contribution < -0.4 is 21.1 Å². The number of carbonyl (C=O) groups excluding carboxylic acids is 2. The van der Waals surface area contributed by atoms with Crippen molar-refractivity contribution in [1.29, 1.82) is 0 Å². The summed E-state index contributed by atoms with van der Waals surface area (Å²) in [5.74, 6) is -0.519. The van der Waals surface area contributed by atoms with E-state index in [2.05, 4.69) is 21.2 Å². The number of thioether (sulfide) groups is 1. The predicted octanol–water partition coefficient (Wildman–Crippen LogP) is 3.43. The lowest BCUT2D eigenvalue weighted by atomic mass is 10.0. The lowest BCUT2D eigenvalue weighted by Crippen LogP contribution is -2.49. The van der Waals surface area contributed by atoms with Crippen LogP contribution in [-0.4, -0.2) is 35.4 Å². The number of hydrazine groups is 1. The van der Waals surface area contributed by atoms with Crippen LogP contribution in [0.15, 0.2) is 47.5 Å². The molecule has 2 amide bonds. The van der Waals surface area contributed by atoms with Crippen LogP contribution in [0, 0.1) is 12.8 Å². The van der Waals surface area contributed by atoms with E-state index < -0.39 is 0 Å². The molecule has 4 rings (SSSR count). The molecule has 2 atom stereocenters. The van der Waals surface area contributed by atoms with E-state index >= 15 is 0 Å². The molecule has 1 saturated heterocycles. The van der Waals surface area contributed by atoms with Crippen LogP contribution in [0.1, 0.15) is 5.56 Å². The minimum absolute atomic E-state index is 0.0805. The second kappa shape index (κ2) is 8.95. The number of fused-ring (bicyclic) bond motifs is 1. The molecule has 1 fully saturated rings. The maximum absolute atomic E-state index is 13.1. The van der Waals surface area contributed by atoms with Gasteiger partial charge in [0.15, 0.2) is 5.17 Å². The summed E-state index contributed by atoms with van der Waals surface area (Å²) in [6.07, 6.45) is -0.359. The molecule has 0 aromatic heterocycles. The number of nitrogens with one attached hydrogen (secondary N) is 3. The summed E-state index contributed by atoms with van der Waals surface area (Å²) in [6, 6.07) is 12.3. The zero-order valence-electron chi connectivity index (χ0n) is 16.0. The monoisotopic (exact) mass is 463 g/mol. The highest BCUT2D eigenvalue weighted by atomic mass is 35.5. The van der Waals surface area contributed by atoms with Gasteiger partial charge in [-0.25, -0.2) is 10.4 Å². The maximum atomic E-state index is 13.1. The van der Waals surface area contributed by atoms with Gasteiger partial charge in [-0.3, -0.25) is 19.9 Å². The van der Waals surface area contributed by atoms with E-state index in [0.717, 1.165) is 5.56 Å². The van der Waals surface area contributed by atoms with Crippen LogP contribution >= 0.6 is 35.0 Å². The number of benzene rings is 2. The van der Waals surface area contributed by atoms with Gasteiger partial charge in [0.25, 0.3) is 0 Å². The molecule has 2 aromatic carbocycles. The fraction of sp³-hybridized carbons (Fsp3) is 0.250. The van der Waals surface area contributed by atoms with Gasteiger partial charge in [0.05, 0.1) is 17.4 Å². The Labute approximate surface area is 188 Å². The average molecular weight is 464 g/mol. The predicted molar refractivity (Wildman–Crippen MR) is 122 cm³/mol. The maximum Gasteiger partial charge on any atom is 0.241 e. The van der Waals surface area contributed by atoms with Crippen molar-refractivity contribution in [3.05, 3.63) is 58.1 Å². The quantitative estimate of drug-likeness (QED) is 0.646. The van der Waals surface area contributed by atoms with Crippen LogP contribution in [-0.2, 0) is 9.59 Å². The number of amides is 2. The van der Waals surface area contributed by atoms with Crippen LogP contribution in [0.3, 0.4) is 0 Å². The van der Waals surface area contributed by atoms with Crippen LogP contribution in [0.5, 0.6) is 0 Å². The Morgan fingerprint density at radius 2 is 2.03 bits per heavy atom. The van der Waals surface area contributed by atoms with Gasteiger partial charge in [-0.2, -0.15) is 0 Å². The third-order valence-corrected chi connectivity index (χ3v) is 6.42. The minimum atomic E-state index is -0.359.